The zero-order valence-corrected chi connectivity index (χ0v) is 18.3. The zero-order valence-electron chi connectivity index (χ0n) is 18.3. The zero-order chi connectivity index (χ0) is 21.6. The van der Waals surface area contributed by atoms with Gasteiger partial charge in [-0.1, -0.05) is 63.6 Å². The normalized spacial score (nSPS) is 11.0. The van der Waals surface area contributed by atoms with Crippen LogP contribution in [-0.4, -0.2) is 16.9 Å². The Morgan fingerprint density at radius 3 is 2.23 bits per heavy atom. The van der Waals surface area contributed by atoms with Gasteiger partial charge in [0.1, 0.15) is 0 Å². The minimum atomic E-state index is -0.0151. The third kappa shape index (κ3) is 8.08. The predicted molar refractivity (Wildman–Crippen MR) is 126 cm³/mol. The van der Waals surface area contributed by atoms with Gasteiger partial charge in [-0.2, -0.15) is 0 Å². The van der Waals surface area contributed by atoms with Gasteiger partial charge in [0.15, 0.2) is 0 Å². The molecule has 30 heavy (non-hydrogen) atoms. The number of aryl methyl sites for hydroxylation is 1. The molecule has 1 aromatic heterocycles. The molecule has 0 aliphatic heterocycles. The van der Waals surface area contributed by atoms with E-state index in [1.807, 2.05) is 42.5 Å². The number of carbonyl (C=O) groups is 1. The first kappa shape index (κ1) is 23.1. The molecule has 1 unspecified atom stereocenters. The summed E-state index contributed by atoms with van der Waals surface area (Å²) in [7, 11) is 0. The van der Waals surface area contributed by atoms with Crippen LogP contribution in [0.15, 0.2) is 79.1 Å². The van der Waals surface area contributed by atoms with Gasteiger partial charge < -0.3 is 10.6 Å². The summed E-state index contributed by atoms with van der Waals surface area (Å²) in [6, 6.07) is 22.0. The monoisotopic (exact) mass is 403 g/mol. The first-order valence-corrected chi connectivity index (χ1v) is 10.8. The number of nitrogens with one attached hydrogen (secondary N) is 2. The molecule has 3 rings (SSSR count). The number of benzene rings is 2. The number of amides is 1. The molecule has 0 aliphatic rings. The fourth-order valence-corrected chi connectivity index (χ4v) is 3.05. The van der Waals surface area contributed by atoms with Crippen LogP contribution in [0, 0.1) is 0 Å². The van der Waals surface area contributed by atoms with Crippen molar-refractivity contribution < 1.29 is 4.79 Å². The summed E-state index contributed by atoms with van der Waals surface area (Å²) in [5.41, 5.74) is 3.92. The van der Waals surface area contributed by atoms with E-state index in [2.05, 4.69) is 60.7 Å². The summed E-state index contributed by atoms with van der Waals surface area (Å²) in [5.74, 6) is -0.0151. The van der Waals surface area contributed by atoms with Gasteiger partial charge in [-0.25, -0.2) is 0 Å². The molecule has 0 saturated carbocycles. The Balaban J connectivity index is 0.000000335. The predicted octanol–water partition coefficient (Wildman–Crippen LogP) is 6.38. The summed E-state index contributed by atoms with van der Waals surface area (Å²) in [6.07, 6.45) is 7.64. The molecule has 4 heteroatoms. The molecule has 4 nitrogen and oxygen atoms in total. The second-order valence-corrected chi connectivity index (χ2v) is 7.15. The lowest BCUT2D eigenvalue weighted by Gasteiger charge is -2.16. The molecule has 3 aromatic rings. The Morgan fingerprint density at radius 2 is 1.63 bits per heavy atom. The van der Waals surface area contributed by atoms with Crippen molar-refractivity contribution >= 4 is 17.3 Å². The van der Waals surface area contributed by atoms with E-state index in [-0.39, 0.29) is 11.9 Å². The molecule has 0 bridgehead atoms. The number of aromatic nitrogens is 1. The lowest BCUT2D eigenvalue weighted by Crippen LogP contribution is -2.34. The van der Waals surface area contributed by atoms with Crippen LogP contribution in [0.3, 0.4) is 0 Å². The number of pyridine rings is 1. The van der Waals surface area contributed by atoms with Crippen molar-refractivity contribution in [2.45, 2.75) is 52.5 Å². The maximum absolute atomic E-state index is 12.3. The Kier molecular flexibility index (Phi) is 10.1. The van der Waals surface area contributed by atoms with Crippen LogP contribution in [-0.2, 0) is 6.42 Å². The fourth-order valence-electron chi connectivity index (χ4n) is 3.05. The number of anilines is 2. The minimum absolute atomic E-state index is 0.0151. The number of nitrogens with zero attached hydrogens (tertiary/aromatic N) is 1. The SMILES string of the molecule is CCCC(CC)NC(=O)c1cccc(Nc2ccncc2)c1.CCc1ccccc1. The Hall–Kier alpha value is -3.14. The van der Waals surface area contributed by atoms with Crippen LogP contribution in [0.25, 0.3) is 0 Å². The first-order chi connectivity index (χ1) is 14.7. The third-order valence-corrected chi connectivity index (χ3v) is 4.81. The van der Waals surface area contributed by atoms with Crippen molar-refractivity contribution in [1.29, 1.82) is 0 Å². The lowest BCUT2D eigenvalue weighted by atomic mass is 10.1. The van der Waals surface area contributed by atoms with Gasteiger partial charge in [0, 0.05) is 35.4 Å². The number of hydrogen-bond acceptors (Lipinski definition) is 3. The van der Waals surface area contributed by atoms with Crippen molar-refractivity contribution in [3.05, 3.63) is 90.3 Å². The lowest BCUT2D eigenvalue weighted by molar-refractivity contribution is 0.0934. The Labute approximate surface area is 180 Å². The minimum Gasteiger partial charge on any atom is -0.355 e. The van der Waals surface area contributed by atoms with E-state index >= 15 is 0 Å². The van der Waals surface area contributed by atoms with Crippen molar-refractivity contribution in [2.24, 2.45) is 0 Å². The van der Waals surface area contributed by atoms with Crippen molar-refractivity contribution in [1.82, 2.24) is 10.3 Å². The second-order valence-electron chi connectivity index (χ2n) is 7.15. The quantitative estimate of drug-likeness (QED) is 0.459. The Bertz CT molecular complexity index is 866. The molecule has 2 aromatic carbocycles. The number of rotatable bonds is 8. The summed E-state index contributed by atoms with van der Waals surface area (Å²) in [5, 5.41) is 6.37. The smallest absolute Gasteiger partial charge is 0.251 e. The molecule has 0 spiro atoms. The molecule has 0 radical (unpaired) electrons. The van der Waals surface area contributed by atoms with E-state index in [9.17, 15) is 4.79 Å². The fraction of sp³-hybridized carbons (Fsp3) is 0.308. The number of carbonyl (C=O) groups excluding carboxylic acids is 1. The van der Waals surface area contributed by atoms with E-state index in [0.29, 0.717) is 5.56 Å². The highest BCUT2D eigenvalue weighted by atomic mass is 16.1. The average molecular weight is 404 g/mol. The van der Waals surface area contributed by atoms with Crippen LogP contribution >= 0.6 is 0 Å². The average Bonchev–Trinajstić information content (AvgIpc) is 2.80. The van der Waals surface area contributed by atoms with Crippen LogP contribution < -0.4 is 10.6 Å². The maximum atomic E-state index is 12.3. The highest BCUT2D eigenvalue weighted by Crippen LogP contribution is 2.17. The first-order valence-electron chi connectivity index (χ1n) is 10.8. The number of hydrogen-bond donors (Lipinski definition) is 2. The van der Waals surface area contributed by atoms with Gasteiger partial charge in [0.25, 0.3) is 5.91 Å². The van der Waals surface area contributed by atoms with E-state index in [1.165, 1.54) is 5.56 Å². The van der Waals surface area contributed by atoms with E-state index in [4.69, 9.17) is 0 Å². The van der Waals surface area contributed by atoms with Gasteiger partial charge in [-0.05, 0) is 55.2 Å². The Morgan fingerprint density at radius 1 is 0.900 bits per heavy atom. The molecule has 2 N–H and O–H groups in total. The van der Waals surface area contributed by atoms with Gasteiger partial charge in [-0.3, -0.25) is 9.78 Å². The second kappa shape index (κ2) is 13.2. The highest BCUT2D eigenvalue weighted by molar-refractivity contribution is 5.95. The standard InChI is InChI=1S/C18H23N3O.C8H10/c1-3-6-15(4-2)21-18(22)14-7-5-8-17(13-14)20-16-9-11-19-12-10-16;1-2-8-6-4-3-5-7-8/h5,7-13,15H,3-4,6H2,1-2H3,(H,19,20)(H,21,22);3-7H,2H2,1H3. The topological polar surface area (TPSA) is 54.0 Å². The van der Waals surface area contributed by atoms with Gasteiger partial charge in [-0.15, -0.1) is 0 Å². The molecule has 158 valence electrons. The van der Waals surface area contributed by atoms with Crippen LogP contribution in [0.1, 0.15) is 56.0 Å². The van der Waals surface area contributed by atoms with Gasteiger partial charge in [0.2, 0.25) is 0 Å². The van der Waals surface area contributed by atoms with Crippen molar-refractivity contribution in [2.75, 3.05) is 5.32 Å². The molecular weight excluding hydrogens is 370 g/mol. The summed E-state index contributed by atoms with van der Waals surface area (Å²) >= 11 is 0. The van der Waals surface area contributed by atoms with E-state index < -0.39 is 0 Å². The molecule has 0 aliphatic carbocycles. The summed E-state index contributed by atoms with van der Waals surface area (Å²) < 4.78 is 0. The molecule has 1 amide bonds. The van der Waals surface area contributed by atoms with Crippen molar-refractivity contribution in [3.8, 4) is 0 Å². The molecule has 0 fully saturated rings. The summed E-state index contributed by atoms with van der Waals surface area (Å²) in [6.45, 7) is 6.39. The summed E-state index contributed by atoms with van der Waals surface area (Å²) in [4.78, 5) is 16.3. The maximum Gasteiger partial charge on any atom is 0.251 e. The van der Waals surface area contributed by atoms with Crippen molar-refractivity contribution in [3.63, 3.8) is 0 Å². The van der Waals surface area contributed by atoms with Crippen LogP contribution in [0.5, 0.6) is 0 Å². The van der Waals surface area contributed by atoms with Gasteiger partial charge >= 0.3 is 0 Å². The van der Waals surface area contributed by atoms with Gasteiger partial charge in [0.05, 0.1) is 0 Å². The van der Waals surface area contributed by atoms with E-state index in [1.54, 1.807) is 12.4 Å². The molecule has 1 heterocycles. The largest absolute Gasteiger partial charge is 0.355 e. The third-order valence-electron chi connectivity index (χ3n) is 4.81. The molecule has 1 atom stereocenters. The van der Waals surface area contributed by atoms with E-state index in [0.717, 1.165) is 37.1 Å². The highest BCUT2D eigenvalue weighted by Gasteiger charge is 2.11. The molecule has 0 saturated heterocycles. The van der Waals surface area contributed by atoms with Crippen LogP contribution in [0.4, 0.5) is 11.4 Å². The molecular formula is C26H33N3O. The van der Waals surface area contributed by atoms with Crippen LogP contribution in [0.2, 0.25) is 0 Å².